The molecule has 6 heteroatoms. The number of rotatable bonds is 4. The lowest BCUT2D eigenvalue weighted by Gasteiger charge is -2.15. The van der Waals surface area contributed by atoms with Gasteiger partial charge >= 0.3 is 12.1 Å². The zero-order chi connectivity index (χ0) is 13.8. The van der Waals surface area contributed by atoms with E-state index in [1.165, 1.54) is 0 Å². The highest BCUT2D eigenvalue weighted by molar-refractivity contribution is 5.90. The number of amides is 1. The summed E-state index contributed by atoms with van der Waals surface area (Å²) in [6.07, 6.45) is -1.23. The average Bonchev–Trinajstić information content (AvgIpc) is 2.72. The molecule has 100 valence electrons. The van der Waals surface area contributed by atoms with Gasteiger partial charge in [0.2, 0.25) is 0 Å². The minimum atomic E-state index is -1.26. The summed E-state index contributed by atoms with van der Waals surface area (Å²) in [5, 5.41) is 8.89. The number of ether oxygens (including phenoxy) is 1. The number of benzene rings is 1. The molecule has 0 aromatic heterocycles. The van der Waals surface area contributed by atoms with E-state index in [0.717, 1.165) is 10.5 Å². The van der Waals surface area contributed by atoms with Gasteiger partial charge in [-0.1, -0.05) is 30.3 Å². The van der Waals surface area contributed by atoms with Crippen molar-refractivity contribution in [2.45, 2.75) is 18.9 Å². The molecule has 0 bridgehead atoms. The second-order valence-electron chi connectivity index (χ2n) is 4.27. The van der Waals surface area contributed by atoms with Gasteiger partial charge in [0.15, 0.2) is 6.73 Å². The van der Waals surface area contributed by atoms with Crippen molar-refractivity contribution in [1.82, 2.24) is 4.90 Å². The molecule has 0 saturated carbocycles. The maximum Gasteiger partial charge on any atom is 0.410 e. The van der Waals surface area contributed by atoms with Crippen LogP contribution in [0.2, 0.25) is 0 Å². The molecule has 1 aromatic carbocycles. The first-order valence-corrected chi connectivity index (χ1v) is 5.80. The van der Waals surface area contributed by atoms with Crippen molar-refractivity contribution in [3.05, 3.63) is 35.9 Å². The SMILES string of the molecule is O=C(Cc1ccccc1)C[C@H]1C(=O)OCN1C(=O)O. The van der Waals surface area contributed by atoms with Gasteiger partial charge in [-0.3, -0.25) is 9.69 Å². The van der Waals surface area contributed by atoms with Gasteiger partial charge in [0.1, 0.15) is 11.8 Å². The summed E-state index contributed by atoms with van der Waals surface area (Å²) >= 11 is 0. The van der Waals surface area contributed by atoms with E-state index in [1.54, 1.807) is 12.1 Å². The topological polar surface area (TPSA) is 83.9 Å². The molecule has 0 aliphatic carbocycles. The second-order valence-corrected chi connectivity index (χ2v) is 4.27. The third-order valence-corrected chi connectivity index (χ3v) is 2.91. The van der Waals surface area contributed by atoms with E-state index in [-0.39, 0.29) is 25.4 Å². The first kappa shape index (κ1) is 13.1. The Morgan fingerprint density at radius 2 is 2.00 bits per heavy atom. The fourth-order valence-electron chi connectivity index (χ4n) is 1.94. The molecule has 2 rings (SSSR count). The second kappa shape index (κ2) is 5.51. The Kier molecular flexibility index (Phi) is 3.79. The highest BCUT2D eigenvalue weighted by Gasteiger charge is 2.38. The standard InChI is InChI=1S/C13H13NO5/c15-10(6-9-4-2-1-3-5-9)7-11-12(16)19-8-14(11)13(17)18/h1-5,11H,6-8H2,(H,17,18)/t11-/m0/s1. The molecule has 1 fully saturated rings. The van der Waals surface area contributed by atoms with Crippen molar-refractivity contribution >= 4 is 17.8 Å². The molecule has 1 atom stereocenters. The van der Waals surface area contributed by atoms with Crippen LogP contribution in [-0.4, -0.2) is 40.6 Å². The quantitative estimate of drug-likeness (QED) is 0.821. The van der Waals surface area contributed by atoms with Gasteiger partial charge in [0.25, 0.3) is 0 Å². The predicted octanol–water partition coefficient (Wildman–Crippen LogP) is 1.05. The Balaban J connectivity index is 1.98. The molecule has 0 radical (unpaired) electrons. The van der Waals surface area contributed by atoms with E-state index in [9.17, 15) is 14.4 Å². The van der Waals surface area contributed by atoms with Gasteiger partial charge in [-0.15, -0.1) is 0 Å². The summed E-state index contributed by atoms with van der Waals surface area (Å²) in [7, 11) is 0. The number of carboxylic acid groups (broad SMARTS) is 1. The van der Waals surface area contributed by atoms with Crippen LogP contribution in [0.25, 0.3) is 0 Å². The largest absolute Gasteiger partial charge is 0.465 e. The van der Waals surface area contributed by atoms with Crippen molar-refractivity contribution in [3.63, 3.8) is 0 Å². The number of cyclic esters (lactones) is 1. The molecule has 0 unspecified atom stereocenters. The Labute approximate surface area is 109 Å². The van der Waals surface area contributed by atoms with Crippen molar-refractivity contribution in [3.8, 4) is 0 Å². The van der Waals surface area contributed by atoms with E-state index in [1.807, 2.05) is 18.2 Å². The van der Waals surface area contributed by atoms with E-state index in [0.29, 0.717) is 0 Å². The molecule has 1 aliphatic rings. The maximum absolute atomic E-state index is 11.9. The van der Waals surface area contributed by atoms with E-state index < -0.39 is 18.1 Å². The highest BCUT2D eigenvalue weighted by atomic mass is 16.6. The molecular weight excluding hydrogens is 250 g/mol. The number of carbonyl (C=O) groups excluding carboxylic acids is 2. The van der Waals surface area contributed by atoms with Crippen molar-refractivity contribution in [2.24, 2.45) is 0 Å². The van der Waals surface area contributed by atoms with Gasteiger partial charge in [-0.05, 0) is 5.56 Å². The normalized spacial score (nSPS) is 18.2. The number of hydrogen-bond donors (Lipinski definition) is 1. The lowest BCUT2D eigenvalue weighted by atomic mass is 10.0. The third-order valence-electron chi connectivity index (χ3n) is 2.91. The first-order valence-electron chi connectivity index (χ1n) is 5.80. The number of Topliss-reactive ketones (excluding diaryl/α,β-unsaturated/α-hetero) is 1. The summed E-state index contributed by atoms with van der Waals surface area (Å²) in [4.78, 5) is 35.0. The molecule has 0 spiro atoms. The van der Waals surface area contributed by atoms with Crippen LogP contribution < -0.4 is 0 Å². The molecule has 19 heavy (non-hydrogen) atoms. The minimum absolute atomic E-state index is 0.153. The highest BCUT2D eigenvalue weighted by Crippen LogP contribution is 2.16. The monoisotopic (exact) mass is 263 g/mol. The molecular formula is C13H13NO5. The maximum atomic E-state index is 11.9. The van der Waals surface area contributed by atoms with Gasteiger partial charge in [0, 0.05) is 12.8 Å². The van der Waals surface area contributed by atoms with E-state index >= 15 is 0 Å². The Bertz CT molecular complexity index is 499. The smallest absolute Gasteiger partial charge is 0.410 e. The molecule has 1 amide bonds. The fraction of sp³-hybridized carbons (Fsp3) is 0.308. The molecule has 1 saturated heterocycles. The van der Waals surface area contributed by atoms with Gasteiger partial charge in [-0.2, -0.15) is 0 Å². The summed E-state index contributed by atoms with van der Waals surface area (Å²) in [6, 6.07) is 8.06. The predicted molar refractivity (Wildman–Crippen MR) is 64.4 cm³/mol. The fourth-order valence-corrected chi connectivity index (χ4v) is 1.94. The van der Waals surface area contributed by atoms with Crippen LogP contribution in [0, 0.1) is 0 Å². The van der Waals surface area contributed by atoms with Crippen LogP contribution in [0.4, 0.5) is 4.79 Å². The number of esters is 1. The van der Waals surface area contributed by atoms with Crippen molar-refractivity contribution < 1.29 is 24.2 Å². The van der Waals surface area contributed by atoms with E-state index in [4.69, 9.17) is 5.11 Å². The number of nitrogens with zero attached hydrogens (tertiary/aromatic N) is 1. The number of hydrogen-bond acceptors (Lipinski definition) is 4. The van der Waals surface area contributed by atoms with Gasteiger partial charge in [0.05, 0.1) is 0 Å². The van der Waals surface area contributed by atoms with Crippen LogP contribution in [0.15, 0.2) is 30.3 Å². The van der Waals surface area contributed by atoms with Gasteiger partial charge in [-0.25, -0.2) is 9.59 Å². The lowest BCUT2D eigenvalue weighted by molar-refractivity contribution is -0.140. The number of carbonyl (C=O) groups is 3. The van der Waals surface area contributed by atoms with Crippen molar-refractivity contribution in [2.75, 3.05) is 6.73 Å². The summed E-state index contributed by atoms with van der Waals surface area (Å²) in [5.74, 6) is -0.856. The zero-order valence-corrected chi connectivity index (χ0v) is 10.1. The average molecular weight is 263 g/mol. The number of ketones is 1. The molecule has 1 aromatic rings. The third kappa shape index (κ3) is 3.09. The minimum Gasteiger partial charge on any atom is -0.465 e. The van der Waals surface area contributed by atoms with Gasteiger partial charge < -0.3 is 9.84 Å². The van der Waals surface area contributed by atoms with E-state index in [2.05, 4.69) is 4.74 Å². The van der Waals surface area contributed by atoms with Crippen LogP contribution >= 0.6 is 0 Å². The Morgan fingerprint density at radius 3 is 2.63 bits per heavy atom. The molecule has 1 N–H and O–H groups in total. The zero-order valence-electron chi connectivity index (χ0n) is 10.1. The van der Waals surface area contributed by atoms with Crippen molar-refractivity contribution in [1.29, 1.82) is 0 Å². The van der Waals surface area contributed by atoms with Crippen LogP contribution in [-0.2, 0) is 20.7 Å². The molecule has 1 aliphatic heterocycles. The Hall–Kier alpha value is -2.37. The lowest BCUT2D eigenvalue weighted by Crippen LogP contribution is -2.38. The molecule has 6 nitrogen and oxygen atoms in total. The summed E-state index contributed by atoms with van der Waals surface area (Å²) < 4.78 is 4.64. The first-order chi connectivity index (χ1) is 9.08. The molecule has 1 heterocycles. The van der Waals surface area contributed by atoms with Crippen LogP contribution in [0.3, 0.4) is 0 Å². The summed E-state index contributed by atoms with van der Waals surface area (Å²) in [5.41, 5.74) is 0.834. The van der Waals surface area contributed by atoms with Crippen LogP contribution in [0.5, 0.6) is 0 Å². The summed E-state index contributed by atoms with van der Waals surface area (Å²) in [6.45, 7) is -0.308. The van der Waals surface area contributed by atoms with Crippen LogP contribution in [0.1, 0.15) is 12.0 Å². The Morgan fingerprint density at radius 1 is 1.32 bits per heavy atom.